The van der Waals surface area contributed by atoms with Crippen molar-refractivity contribution in [1.82, 2.24) is 9.65 Å². The van der Waals surface area contributed by atoms with Gasteiger partial charge in [0.1, 0.15) is 6.10 Å². The van der Waals surface area contributed by atoms with E-state index >= 15 is 0 Å². The number of carbonyl (C=O) groups excluding carboxylic acids is 1. The summed E-state index contributed by atoms with van der Waals surface area (Å²) < 4.78 is 22.1. The first-order valence-electron chi connectivity index (χ1n) is 10.2. The number of pyridine rings is 1. The molecule has 0 fully saturated rings. The second-order valence-electron chi connectivity index (χ2n) is 7.36. The van der Waals surface area contributed by atoms with Crippen LogP contribution in [0.25, 0.3) is 17.0 Å². The number of aromatic nitrogens is 1. The fourth-order valence-corrected chi connectivity index (χ4v) is 6.06. The summed E-state index contributed by atoms with van der Waals surface area (Å²) in [7, 11) is -3.43. The number of hydrogen-bond donors (Lipinski definition) is 0. The zero-order valence-corrected chi connectivity index (χ0v) is 18.3. The lowest BCUT2D eigenvalue weighted by atomic mass is 9.97. The minimum Gasteiger partial charge on any atom is -0.298 e. The molecule has 0 spiro atoms. The van der Waals surface area contributed by atoms with E-state index in [1.807, 2.05) is 75.4 Å². The second kappa shape index (κ2) is 8.27. The van der Waals surface area contributed by atoms with Gasteiger partial charge < -0.3 is 0 Å². The van der Waals surface area contributed by atoms with E-state index in [-0.39, 0.29) is 5.78 Å². The van der Waals surface area contributed by atoms with Crippen molar-refractivity contribution in [3.63, 3.8) is 0 Å². The Morgan fingerprint density at radius 1 is 1.07 bits per heavy atom. The lowest BCUT2D eigenvalue weighted by molar-refractivity contribution is 0.0841. The van der Waals surface area contributed by atoms with Crippen LogP contribution in [0.5, 0.6) is 0 Å². The van der Waals surface area contributed by atoms with Crippen LogP contribution in [0, 0.1) is 6.92 Å². The van der Waals surface area contributed by atoms with E-state index in [1.165, 1.54) is 0 Å². The summed E-state index contributed by atoms with van der Waals surface area (Å²) in [5.41, 5.74) is 3.02. The van der Waals surface area contributed by atoms with E-state index in [4.69, 9.17) is 4.52 Å². The van der Waals surface area contributed by atoms with Gasteiger partial charge in [-0.2, -0.15) is 0 Å². The third-order valence-corrected chi connectivity index (χ3v) is 8.20. The molecule has 0 saturated heterocycles. The summed E-state index contributed by atoms with van der Waals surface area (Å²) in [6.07, 6.45) is 2.53. The number of fused-ring (bicyclic) bond motifs is 2. The Bertz CT molecular complexity index is 1170. The van der Waals surface area contributed by atoms with Gasteiger partial charge in [-0.05, 0) is 43.3 Å². The molecule has 0 bridgehead atoms. The predicted molar refractivity (Wildman–Crippen MR) is 121 cm³/mol. The number of ketones is 1. The van der Waals surface area contributed by atoms with Gasteiger partial charge in [-0.1, -0.05) is 49.7 Å². The first-order valence-corrected chi connectivity index (χ1v) is 11.8. The van der Waals surface area contributed by atoms with Gasteiger partial charge in [-0.25, -0.2) is 9.65 Å². The van der Waals surface area contributed by atoms with Gasteiger partial charge in [0, 0.05) is 24.0 Å². The van der Waals surface area contributed by atoms with Crippen LogP contribution in [0.3, 0.4) is 0 Å². The van der Waals surface area contributed by atoms with Gasteiger partial charge in [-0.3, -0.25) is 13.9 Å². The van der Waals surface area contributed by atoms with E-state index in [9.17, 15) is 9.36 Å². The summed E-state index contributed by atoms with van der Waals surface area (Å²) in [4.78, 5) is 17.9. The molecule has 30 heavy (non-hydrogen) atoms. The molecule has 2 atom stereocenters. The van der Waals surface area contributed by atoms with Gasteiger partial charge in [0.05, 0.1) is 16.5 Å². The molecule has 6 heteroatoms. The third-order valence-electron chi connectivity index (χ3n) is 5.43. The summed E-state index contributed by atoms with van der Waals surface area (Å²) in [6, 6.07) is 17.0. The highest BCUT2D eigenvalue weighted by Crippen LogP contribution is 2.51. The molecular formula is C24H25N2O3P. The average molecular weight is 420 g/mol. The van der Waals surface area contributed by atoms with Crippen LogP contribution in [0.2, 0.25) is 0 Å². The summed E-state index contributed by atoms with van der Waals surface area (Å²) in [5.74, 6) is -0.217. The number of aryl methyl sites for hydroxylation is 1. The molecular weight excluding hydrogens is 395 g/mol. The highest BCUT2D eigenvalue weighted by atomic mass is 31.2. The first kappa shape index (κ1) is 20.7. The Labute approximate surface area is 176 Å². The van der Waals surface area contributed by atoms with Crippen molar-refractivity contribution >= 4 is 35.6 Å². The Kier molecular flexibility index (Phi) is 5.70. The number of nitrogens with zero attached hydrogens (tertiary/aromatic N) is 2. The number of rotatable bonds is 6. The van der Waals surface area contributed by atoms with Gasteiger partial charge in [0.15, 0.2) is 5.78 Å². The van der Waals surface area contributed by atoms with E-state index < -0.39 is 13.6 Å². The van der Waals surface area contributed by atoms with Gasteiger partial charge in [0.2, 0.25) is 0 Å². The number of hydrogen-bond acceptors (Lipinski definition) is 4. The molecule has 3 aromatic rings. The van der Waals surface area contributed by atoms with Gasteiger partial charge >= 0.3 is 7.52 Å². The topological polar surface area (TPSA) is 59.5 Å². The fourth-order valence-electron chi connectivity index (χ4n) is 3.73. The second-order valence-corrected chi connectivity index (χ2v) is 9.69. The number of benzene rings is 2. The van der Waals surface area contributed by atoms with E-state index in [1.54, 1.807) is 16.8 Å². The Hall–Kier alpha value is -2.59. The molecule has 1 heterocycles. The SMILES string of the molecule is CCN(CC)P(=O)(OC1C=Cc2nc3ccccc3cc2C1=O)c1ccc(C)cc1. The highest BCUT2D eigenvalue weighted by molar-refractivity contribution is 7.64. The van der Waals surface area contributed by atoms with E-state index in [2.05, 4.69) is 4.98 Å². The Morgan fingerprint density at radius 3 is 2.47 bits per heavy atom. The monoisotopic (exact) mass is 420 g/mol. The molecule has 1 aliphatic carbocycles. The lowest BCUT2D eigenvalue weighted by Gasteiger charge is -2.32. The minimum atomic E-state index is -3.43. The molecule has 0 N–H and O–H groups in total. The maximum atomic E-state index is 14.1. The van der Waals surface area contributed by atoms with Crippen molar-refractivity contribution in [1.29, 1.82) is 0 Å². The van der Waals surface area contributed by atoms with Crippen LogP contribution in [0.4, 0.5) is 0 Å². The summed E-state index contributed by atoms with van der Waals surface area (Å²) in [5, 5.41) is 1.49. The molecule has 1 aromatic heterocycles. The smallest absolute Gasteiger partial charge is 0.298 e. The molecule has 154 valence electrons. The molecule has 2 unspecified atom stereocenters. The fraction of sp³-hybridized carbons (Fsp3) is 0.250. The maximum absolute atomic E-state index is 14.1. The van der Waals surface area contributed by atoms with Crippen molar-refractivity contribution in [3.05, 3.63) is 77.5 Å². The summed E-state index contributed by atoms with van der Waals surface area (Å²) in [6.45, 7) is 6.97. The van der Waals surface area contributed by atoms with Crippen molar-refractivity contribution in [2.75, 3.05) is 13.1 Å². The average Bonchev–Trinajstić information content (AvgIpc) is 2.76. The Balaban J connectivity index is 1.73. The van der Waals surface area contributed by atoms with Crippen molar-refractivity contribution in [2.24, 2.45) is 0 Å². The quantitative estimate of drug-likeness (QED) is 0.526. The van der Waals surface area contributed by atoms with E-state index in [0.717, 1.165) is 16.5 Å². The lowest BCUT2D eigenvalue weighted by Crippen LogP contribution is -2.33. The number of Topliss-reactive ketones (excluding diaryl/α,β-unsaturated/α-hetero) is 1. The van der Waals surface area contributed by atoms with Crippen LogP contribution in [-0.4, -0.2) is 34.6 Å². The van der Waals surface area contributed by atoms with Crippen molar-refractivity contribution < 1.29 is 13.9 Å². The van der Waals surface area contributed by atoms with Crippen LogP contribution < -0.4 is 5.30 Å². The largest absolute Gasteiger partial charge is 0.303 e. The van der Waals surface area contributed by atoms with Crippen LogP contribution in [-0.2, 0) is 9.09 Å². The third kappa shape index (κ3) is 3.65. The molecule has 5 nitrogen and oxygen atoms in total. The van der Waals surface area contributed by atoms with Crippen molar-refractivity contribution in [3.8, 4) is 0 Å². The molecule has 2 aromatic carbocycles. The van der Waals surface area contributed by atoms with Gasteiger partial charge in [0.25, 0.3) is 0 Å². The number of para-hydroxylation sites is 1. The zero-order chi connectivity index (χ0) is 21.3. The first-order chi connectivity index (χ1) is 14.5. The molecule has 0 aliphatic heterocycles. The summed E-state index contributed by atoms with van der Waals surface area (Å²) >= 11 is 0. The molecule has 1 aliphatic rings. The maximum Gasteiger partial charge on any atom is 0.303 e. The van der Waals surface area contributed by atoms with Crippen LogP contribution in [0.15, 0.2) is 60.7 Å². The highest BCUT2D eigenvalue weighted by Gasteiger charge is 2.38. The Morgan fingerprint density at radius 2 is 1.77 bits per heavy atom. The molecule has 0 radical (unpaired) electrons. The number of carbonyl (C=O) groups is 1. The minimum absolute atomic E-state index is 0.217. The van der Waals surface area contributed by atoms with Crippen LogP contribution >= 0.6 is 7.52 Å². The molecule has 0 saturated carbocycles. The van der Waals surface area contributed by atoms with Crippen LogP contribution in [0.1, 0.15) is 35.5 Å². The molecule has 0 amide bonds. The van der Waals surface area contributed by atoms with E-state index in [0.29, 0.717) is 29.7 Å². The van der Waals surface area contributed by atoms with Crippen molar-refractivity contribution in [2.45, 2.75) is 26.9 Å². The molecule has 4 rings (SSSR count). The zero-order valence-electron chi connectivity index (χ0n) is 17.4. The predicted octanol–water partition coefficient (Wildman–Crippen LogP) is 5.00. The van der Waals surface area contributed by atoms with Gasteiger partial charge in [-0.15, -0.1) is 0 Å². The standard InChI is InChI=1S/C24H25N2O3P/c1-4-26(5-2)30(28,19-12-10-17(3)11-13-19)29-23-15-14-22-20(24(23)27)16-18-8-6-7-9-21(18)25-22/h6-16,23H,4-5H2,1-3H3. The normalized spacial score (nSPS) is 17.9.